The Kier molecular flexibility index (Phi) is 4.62. The number of carbonyl (C=O) groups is 1. The van der Waals surface area contributed by atoms with Crippen molar-refractivity contribution in [1.82, 2.24) is 0 Å². The molecule has 0 N–H and O–H groups in total. The van der Waals surface area contributed by atoms with Crippen LogP contribution in [0.1, 0.15) is 25.8 Å². The van der Waals surface area contributed by atoms with Crippen LogP contribution in [0, 0.1) is 6.92 Å². The Morgan fingerprint density at radius 3 is 2.81 bits per heavy atom. The summed E-state index contributed by atoms with van der Waals surface area (Å²) in [6.07, 6.45) is 0.0457. The Labute approximate surface area is 122 Å². The molecule has 2 aromatic rings. The molecular formula is C16H18O5. The van der Waals surface area contributed by atoms with Gasteiger partial charge in [0.05, 0.1) is 6.61 Å². The quantitative estimate of drug-likeness (QED) is 0.625. The van der Waals surface area contributed by atoms with Crippen molar-refractivity contribution in [2.24, 2.45) is 0 Å². The van der Waals surface area contributed by atoms with Crippen LogP contribution in [0.15, 0.2) is 33.5 Å². The zero-order chi connectivity index (χ0) is 15.4. The van der Waals surface area contributed by atoms with E-state index in [-0.39, 0.29) is 0 Å². The SMILES string of the molecule is CCCOC(=O)[C@@H](C)Oc1ccc2c(C)cc(=O)oc2c1. The van der Waals surface area contributed by atoms with Gasteiger partial charge >= 0.3 is 11.6 Å². The second kappa shape index (κ2) is 6.43. The maximum atomic E-state index is 11.7. The predicted molar refractivity (Wildman–Crippen MR) is 78.6 cm³/mol. The minimum absolute atomic E-state index is 0.373. The van der Waals surface area contributed by atoms with Crippen molar-refractivity contribution in [2.45, 2.75) is 33.3 Å². The predicted octanol–water partition coefficient (Wildman–Crippen LogP) is 2.82. The Hall–Kier alpha value is -2.30. The number of aryl methyl sites for hydroxylation is 1. The molecule has 0 aliphatic heterocycles. The number of benzene rings is 1. The molecule has 0 spiro atoms. The van der Waals surface area contributed by atoms with Crippen molar-refractivity contribution in [3.05, 3.63) is 40.2 Å². The highest BCUT2D eigenvalue weighted by Crippen LogP contribution is 2.23. The molecule has 2 rings (SSSR count). The molecule has 21 heavy (non-hydrogen) atoms. The highest BCUT2D eigenvalue weighted by Gasteiger charge is 2.16. The lowest BCUT2D eigenvalue weighted by Crippen LogP contribution is -2.26. The Morgan fingerprint density at radius 1 is 1.33 bits per heavy atom. The number of rotatable bonds is 5. The molecule has 0 bridgehead atoms. The summed E-state index contributed by atoms with van der Waals surface area (Å²) in [6, 6.07) is 6.58. The summed E-state index contributed by atoms with van der Waals surface area (Å²) < 4.78 is 15.7. The van der Waals surface area contributed by atoms with E-state index in [0.29, 0.717) is 17.9 Å². The lowest BCUT2D eigenvalue weighted by molar-refractivity contribution is -0.151. The molecule has 0 aliphatic rings. The largest absolute Gasteiger partial charge is 0.479 e. The third-order valence-corrected chi connectivity index (χ3v) is 3.02. The Balaban J connectivity index is 2.19. The van der Waals surface area contributed by atoms with Gasteiger partial charge in [-0.15, -0.1) is 0 Å². The minimum Gasteiger partial charge on any atom is -0.479 e. The fourth-order valence-electron chi connectivity index (χ4n) is 1.95. The van der Waals surface area contributed by atoms with E-state index in [1.54, 1.807) is 25.1 Å². The first kappa shape index (κ1) is 15.1. The zero-order valence-electron chi connectivity index (χ0n) is 12.3. The van der Waals surface area contributed by atoms with Crippen LogP contribution in [0.25, 0.3) is 11.0 Å². The van der Waals surface area contributed by atoms with Crippen LogP contribution < -0.4 is 10.4 Å². The van der Waals surface area contributed by atoms with E-state index < -0.39 is 17.7 Å². The van der Waals surface area contributed by atoms with E-state index in [9.17, 15) is 9.59 Å². The lowest BCUT2D eigenvalue weighted by atomic mass is 10.1. The zero-order valence-corrected chi connectivity index (χ0v) is 12.3. The summed E-state index contributed by atoms with van der Waals surface area (Å²) in [7, 11) is 0. The molecule has 0 saturated heterocycles. The summed E-state index contributed by atoms with van der Waals surface area (Å²) in [4.78, 5) is 23.0. The highest BCUT2D eigenvalue weighted by atomic mass is 16.6. The molecule has 112 valence electrons. The van der Waals surface area contributed by atoms with Crippen molar-refractivity contribution in [2.75, 3.05) is 6.61 Å². The molecule has 0 saturated carbocycles. The maximum Gasteiger partial charge on any atom is 0.347 e. The van der Waals surface area contributed by atoms with Gasteiger partial charge in [-0.1, -0.05) is 6.92 Å². The number of hydrogen-bond acceptors (Lipinski definition) is 5. The van der Waals surface area contributed by atoms with Crippen molar-refractivity contribution in [1.29, 1.82) is 0 Å². The summed E-state index contributed by atoms with van der Waals surface area (Å²) in [5.74, 6) is 0.0415. The van der Waals surface area contributed by atoms with Gasteiger partial charge in [0.1, 0.15) is 11.3 Å². The number of fused-ring (bicyclic) bond motifs is 1. The van der Waals surface area contributed by atoms with Gasteiger partial charge in [-0.3, -0.25) is 0 Å². The van der Waals surface area contributed by atoms with Crippen LogP contribution in [-0.4, -0.2) is 18.7 Å². The highest BCUT2D eigenvalue weighted by molar-refractivity contribution is 5.81. The monoisotopic (exact) mass is 290 g/mol. The first-order chi connectivity index (χ1) is 10.0. The van der Waals surface area contributed by atoms with E-state index in [4.69, 9.17) is 13.9 Å². The average molecular weight is 290 g/mol. The van der Waals surface area contributed by atoms with Gasteiger partial charge in [-0.2, -0.15) is 0 Å². The van der Waals surface area contributed by atoms with Gasteiger partial charge in [0.2, 0.25) is 0 Å². The summed E-state index contributed by atoms with van der Waals surface area (Å²) in [5.41, 5.74) is 0.863. The molecule has 0 radical (unpaired) electrons. The van der Waals surface area contributed by atoms with Gasteiger partial charge in [-0.25, -0.2) is 9.59 Å². The van der Waals surface area contributed by atoms with Gasteiger partial charge in [0, 0.05) is 17.5 Å². The second-order valence-corrected chi connectivity index (χ2v) is 4.83. The summed E-state index contributed by atoms with van der Waals surface area (Å²) >= 11 is 0. The smallest absolute Gasteiger partial charge is 0.347 e. The van der Waals surface area contributed by atoms with Crippen LogP contribution in [0.3, 0.4) is 0 Å². The van der Waals surface area contributed by atoms with Crippen LogP contribution in [-0.2, 0) is 9.53 Å². The van der Waals surface area contributed by atoms with E-state index in [0.717, 1.165) is 17.4 Å². The fourth-order valence-corrected chi connectivity index (χ4v) is 1.95. The van der Waals surface area contributed by atoms with Gasteiger partial charge in [-0.05, 0) is 38.0 Å². The molecule has 1 aromatic carbocycles. The van der Waals surface area contributed by atoms with E-state index in [1.165, 1.54) is 6.07 Å². The first-order valence-corrected chi connectivity index (χ1v) is 6.89. The molecule has 1 heterocycles. The van der Waals surface area contributed by atoms with E-state index in [1.807, 2.05) is 13.8 Å². The van der Waals surface area contributed by atoms with Crippen molar-refractivity contribution < 1.29 is 18.7 Å². The second-order valence-electron chi connectivity index (χ2n) is 4.83. The van der Waals surface area contributed by atoms with Gasteiger partial charge in [0.25, 0.3) is 0 Å². The number of carbonyl (C=O) groups excluding carboxylic acids is 1. The molecular weight excluding hydrogens is 272 g/mol. The van der Waals surface area contributed by atoms with Crippen molar-refractivity contribution in [3.8, 4) is 5.75 Å². The molecule has 1 aromatic heterocycles. The molecule has 0 amide bonds. The van der Waals surface area contributed by atoms with Crippen LogP contribution in [0.5, 0.6) is 5.75 Å². The molecule has 1 atom stereocenters. The first-order valence-electron chi connectivity index (χ1n) is 6.89. The Morgan fingerprint density at radius 2 is 2.10 bits per heavy atom. The number of hydrogen-bond donors (Lipinski definition) is 0. The van der Waals surface area contributed by atoms with Gasteiger partial charge < -0.3 is 13.9 Å². The maximum absolute atomic E-state index is 11.7. The van der Waals surface area contributed by atoms with Crippen LogP contribution in [0.4, 0.5) is 0 Å². The topological polar surface area (TPSA) is 65.7 Å². The van der Waals surface area contributed by atoms with Crippen molar-refractivity contribution in [3.63, 3.8) is 0 Å². The fraction of sp³-hybridized carbons (Fsp3) is 0.375. The molecule has 0 aliphatic carbocycles. The number of ether oxygens (including phenoxy) is 2. The number of esters is 1. The van der Waals surface area contributed by atoms with Crippen molar-refractivity contribution >= 4 is 16.9 Å². The third-order valence-electron chi connectivity index (χ3n) is 3.02. The van der Waals surface area contributed by atoms with Crippen LogP contribution in [0.2, 0.25) is 0 Å². The molecule has 5 heteroatoms. The average Bonchev–Trinajstić information content (AvgIpc) is 2.44. The standard InChI is InChI=1S/C16H18O5/c1-4-7-19-16(18)11(3)20-12-5-6-13-10(2)8-15(17)21-14(13)9-12/h5-6,8-9,11H,4,7H2,1-3H3/t11-/m1/s1. The summed E-state index contributed by atoms with van der Waals surface area (Å²) in [5, 5.41) is 0.836. The van der Waals surface area contributed by atoms with E-state index >= 15 is 0 Å². The summed E-state index contributed by atoms with van der Waals surface area (Å²) in [6.45, 7) is 5.75. The van der Waals surface area contributed by atoms with Crippen LogP contribution >= 0.6 is 0 Å². The third kappa shape index (κ3) is 3.62. The Bertz CT molecular complexity index is 701. The lowest BCUT2D eigenvalue weighted by Gasteiger charge is -2.14. The van der Waals surface area contributed by atoms with E-state index in [2.05, 4.69) is 0 Å². The van der Waals surface area contributed by atoms with Gasteiger partial charge in [0.15, 0.2) is 6.10 Å². The molecule has 5 nitrogen and oxygen atoms in total. The minimum atomic E-state index is -0.717. The molecule has 0 unspecified atom stereocenters. The normalized spacial score (nSPS) is 12.1. The molecule has 0 fully saturated rings.